The van der Waals surface area contributed by atoms with Gasteiger partial charge < -0.3 is 10.8 Å². The highest BCUT2D eigenvalue weighted by atomic mass is 16.4. The van der Waals surface area contributed by atoms with Crippen LogP contribution in [0.2, 0.25) is 0 Å². The third kappa shape index (κ3) is 0.816. The Kier molecular flexibility index (Phi) is 1.46. The summed E-state index contributed by atoms with van der Waals surface area (Å²) >= 11 is 0. The second kappa shape index (κ2) is 2.47. The van der Waals surface area contributed by atoms with Gasteiger partial charge in [-0.15, -0.1) is 0 Å². The van der Waals surface area contributed by atoms with Crippen LogP contribution in [-0.2, 0) is 4.79 Å². The molecule has 4 fully saturated rings. The Hall–Kier alpha value is -0.570. The van der Waals surface area contributed by atoms with E-state index in [0.717, 1.165) is 37.0 Å². The van der Waals surface area contributed by atoms with Gasteiger partial charge in [0.05, 0.1) is 0 Å². The van der Waals surface area contributed by atoms with E-state index < -0.39 is 12.0 Å². The Morgan fingerprint density at radius 3 is 2.81 bits per heavy atom. The zero-order valence-electron chi connectivity index (χ0n) is 9.48. The Bertz CT molecular complexity index is 378. The van der Waals surface area contributed by atoms with Crippen LogP contribution in [0.15, 0.2) is 0 Å². The van der Waals surface area contributed by atoms with Crippen LogP contribution >= 0.6 is 0 Å². The molecule has 6 unspecified atom stereocenters. The van der Waals surface area contributed by atoms with Crippen molar-refractivity contribution < 1.29 is 9.90 Å². The number of carboxylic acids is 1. The van der Waals surface area contributed by atoms with Gasteiger partial charge in [0.25, 0.3) is 0 Å². The molecule has 0 aliphatic heterocycles. The van der Waals surface area contributed by atoms with E-state index in [4.69, 9.17) is 5.73 Å². The quantitative estimate of drug-likeness (QED) is 0.744. The van der Waals surface area contributed by atoms with E-state index in [2.05, 4.69) is 0 Å². The lowest BCUT2D eigenvalue weighted by Crippen LogP contribution is -2.48. The first-order valence-corrected chi connectivity index (χ1v) is 6.54. The average Bonchev–Trinajstić information content (AvgIpc) is 2.54. The molecule has 0 amide bonds. The van der Waals surface area contributed by atoms with Crippen LogP contribution in [0, 0.1) is 28.6 Å². The Balaban J connectivity index is 1.75. The topological polar surface area (TPSA) is 63.3 Å². The molecule has 4 saturated carbocycles. The Labute approximate surface area is 95.4 Å². The van der Waals surface area contributed by atoms with Gasteiger partial charge in [-0.25, -0.2) is 0 Å². The summed E-state index contributed by atoms with van der Waals surface area (Å²) < 4.78 is 0. The maximum Gasteiger partial charge on any atom is 0.321 e. The monoisotopic (exact) mass is 221 g/mol. The van der Waals surface area contributed by atoms with Gasteiger partial charge in [-0.1, -0.05) is 0 Å². The summed E-state index contributed by atoms with van der Waals surface area (Å²) in [6, 6.07) is -0.614. The lowest BCUT2D eigenvalue weighted by molar-refractivity contribution is -0.142. The van der Waals surface area contributed by atoms with E-state index in [9.17, 15) is 9.90 Å². The summed E-state index contributed by atoms with van der Waals surface area (Å²) in [4.78, 5) is 11.2. The second-order valence-corrected chi connectivity index (χ2v) is 6.93. The van der Waals surface area contributed by atoms with Crippen molar-refractivity contribution in [3.63, 3.8) is 0 Å². The molecule has 88 valence electrons. The van der Waals surface area contributed by atoms with E-state index in [0.29, 0.717) is 5.41 Å². The number of carboxylic acid groups (broad SMARTS) is 1. The number of hydrogen-bond donors (Lipinski definition) is 2. The molecule has 3 N–H and O–H groups in total. The van der Waals surface area contributed by atoms with Gasteiger partial charge in [0, 0.05) is 0 Å². The molecule has 0 aromatic heterocycles. The highest BCUT2D eigenvalue weighted by Gasteiger charge is 2.72. The van der Waals surface area contributed by atoms with Crippen LogP contribution in [0.3, 0.4) is 0 Å². The Morgan fingerprint density at radius 2 is 2.06 bits per heavy atom. The summed E-state index contributed by atoms with van der Waals surface area (Å²) in [5, 5.41) is 9.21. The molecule has 4 aliphatic rings. The minimum absolute atomic E-state index is 0.0370. The summed E-state index contributed by atoms with van der Waals surface area (Å²) in [6.45, 7) is 0. The lowest BCUT2D eigenvalue weighted by Gasteiger charge is -2.49. The van der Waals surface area contributed by atoms with Crippen molar-refractivity contribution in [1.82, 2.24) is 0 Å². The lowest BCUT2D eigenvalue weighted by atomic mass is 9.55. The smallest absolute Gasteiger partial charge is 0.321 e. The largest absolute Gasteiger partial charge is 0.480 e. The number of hydrogen-bond acceptors (Lipinski definition) is 2. The first kappa shape index (κ1) is 9.46. The molecule has 16 heavy (non-hydrogen) atoms. The predicted octanol–water partition coefficient (Wildman–Crippen LogP) is 1.61. The van der Waals surface area contributed by atoms with Gasteiger partial charge in [-0.05, 0) is 67.1 Å². The fourth-order valence-electron chi connectivity index (χ4n) is 6.05. The van der Waals surface area contributed by atoms with Crippen molar-refractivity contribution in [1.29, 1.82) is 0 Å². The maximum atomic E-state index is 11.2. The molecule has 0 aromatic rings. The van der Waals surface area contributed by atoms with E-state index in [-0.39, 0.29) is 5.41 Å². The van der Waals surface area contributed by atoms with E-state index in [1.54, 1.807) is 0 Å². The van der Waals surface area contributed by atoms with Crippen molar-refractivity contribution >= 4 is 5.97 Å². The van der Waals surface area contributed by atoms with Crippen LogP contribution in [-0.4, -0.2) is 17.1 Å². The van der Waals surface area contributed by atoms with Crippen molar-refractivity contribution in [2.24, 2.45) is 34.3 Å². The van der Waals surface area contributed by atoms with Crippen LogP contribution < -0.4 is 5.73 Å². The SMILES string of the molecule is NC(C(=O)O)C12CC3CC4CC(C1)C4(C3)C2. The fraction of sp³-hybridized carbons (Fsp3) is 0.923. The van der Waals surface area contributed by atoms with Crippen LogP contribution in [0.5, 0.6) is 0 Å². The number of rotatable bonds is 2. The summed E-state index contributed by atoms with van der Waals surface area (Å²) in [7, 11) is 0. The molecule has 3 bridgehead atoms. The standard InChI is InChI=1S/C13H19NO2/c14-10(11(15)16)12-3-7-1-8-2-9(5-12)13(8,4-7)6-12/h7-10H,1-6,14H2,(H,15,16). The molecule has 0 radical (unpaired) electrons. The molecular formula is C13H19NO2. The third-order valence-electron chi connectivity index (χ3n) is 6.44. The zero-order valence-corrected chi connectivity index (χ0v) is 9.48. The highest BCUT2D eigenvalue weighted by molar-refractivity contribution is 5.74. The minimum Gasteiger partial charge on any atom is -0.480 e. The van der Waals surface area contributed by atoms with E-state index in [1.807, 2.05) is 0 Å². The molecular weight excluding hydrogens is 202 g/mol. The van der Waals surface area contributed by atoms with Crippen LogP contribution in [0.1, 0.15) is 38.5 Å². The first-order chi connectivity index (χ1) is 7.56. The molecule has 4 aliphatic carbocycles. The molecule has 0 aromatic carbocycles. The second-order valence-electron chi connectivity index (χ2n) is 6.93. The average molecular weight is 221 g/mol. The fourth-order valence-corrected chi connectivity index (χ4v) is 6.05. The molecule has 0 saturated heterocycles. The van der Waals surface area contributed by atoms with E-state index >= 15 is 0 Å². The zero-order chi connectivity index (χ0) is 11.1. The third-order valence-corrected chi connectivity index (χ3v) is 6.44. The van der Waals surface area contributed by atoms with Crippen molar-refractivity contribution in [2.45, 2.75) is 44.6 Å². The summed E-state index contributed by atoms with van der Waals surface area (Å²) in [6.07, 6.45) is 7.44. The minimum atomic E-state index is -0.782. The summed E-state index contributed by atoms with van der Waals surface area (Å²) in [5.41, 5.74) is 6.51. The molecule has 3 heteroatoms. The van der Waals surface area contributed by atoms with Gasteiger partial charge in [-0.2, -0.15) is 0 Å². The normalized spacial score (nSPS) is 58.2. The maximum absolute atomic E-state index is 11.2. The van der Waals surface area contributed by atoms with Crippen molar-refractivity contribution in [3.8, 4) is 0 Å². The van der Waals surface area contributed by atoms with Gasteiger partial charge in [0.15, 0.2) is 0 Å². The molecule has 4 rings (SSSR count). The molecule has 1 spiro atoms. The number of fused-ring (bicyclic) bond motifs is 2. The van der Waals surface area contributed by atoms with Crippen LogP contribution in [0.4, 0.5) is 0 Å². The molecule has 3 nitrogen and oxygen atoms in total. The van der Waals surface area contributed by atoms with E-state index in [1.165, 1.54) is 19.3 Å². The molecule has 6 atom stereocenters. The first-order valence-electron chi connectivity index (χ1n) is 6.54. The summed E-state index contributed by atoms with van der Waals surface area (Å²) in [5.74, 6) is 1.75. The number of carbonyl (C=O) groups is 1. The van der Waals surface area contributed by atoms with Gasteiger partial charge in [-0.3, -0.25) is 4.79 Å². The van der Waals surface area contributed by atoms with Crippen LogP contribution in [0.25, 0.3) is 0 Å². The number of aliphatic carboxylic acids is 1. The van der Waals surface area contributed by atoms with Gasteiger partial charge >= 0.3 is 5.97 Å². The van der Waals surface area contributed by atoms with Crippen molar-refractivity contribution in [2.75, 3.05) is 0 Å². The highest BCUT2D eigenvalue weighted by Crippen LogP contribution is 2.79. The van der Waals surface area contributed by atoms with Gasteiger partial charge in [0.1, 0.15) is 6.04 Å². The van der Waals surface area contributed by atoms with Crippen molar-refractivity contribution in [3.05, 3.63) is 0 Å². The molecule has 0 heterocycles. The Morgan fingerprint density at radius 1 is 1.25 bits per heavy atom. The predicted molar refractivity (Wildman–Crippen MR) is 58.6 cm³/mol. The van der Waals surface area contributed by atoms with Gasteiger partial charge in [0.2, 0.25) is 0 Å². The number of nitrogens with two attached hydrogens (primary N) is 1.